The summed E-state index contributed by atoms with van der Waals surface area (Å²) in [5.74, 6) is 2.50. The first-order valence-electron chi connectivity index (χ1n) is 10.5. The molecule has 3 rings (SSSR count). The predicted octanol–water partition coefficient (Wildman–Crippen LogP) is 2.40. The van der Waals surface area contributed by atoms with Gasteiger partial charge in [-0.15, -0.1) is 34.2 Å². The zero-order valence-corrected chi connectivity index (χ0v) is 21.4. The van der Waals surface area contributed by atoms with Gasteiger partial charge < -0.3 is 19.9 Å². The lowest BCUT2D eigenvalue weighted by molar-refractivity contribution is 0.0376. The van der Waals surface area contributed by atoms with Crippen molar-refractivity contribution in [2.75, 3.05) is 45.9 Å². The molecule has 0 radical (unpaired) electrons. The fourth-order valence-corrected chi connectivity index (χ4v) is 3.49. The highest BCUT2D eigenvalue weighted by Crippen LogP contribution is 2.14. The highest BCUT2D eigenvalue weighted by atomic mass is 127. The maximum atomic E-state index is 6.27. The summed E-state index contributed by atoms with van der Waals surface area (Å²) in [4.78, 5) is 7.15. The molecular formula is C21H33ClIN7O. The van der Waals surface area contributed by atoms with E-state index in [0.29, 0.717) is 6.54 Å². The van der Waals surface area contributed by atoms with Crippen LogP contribution in [0.5, 0.6) is 0 Å². The van der Waals surface area contributed by atoms with Crippen LogP contribution in [-0.2, 0) is 24.8 Å². The third-order valence-electron chi connectivity index (χ3n) is 5.25. The molecule has 2 N–H and O–H groups in total. The smallest absolute Gasteiger partial charge is 0.191 e. The second-order valence-electron chi connectivity index (χ2n) is 7.39. The molecule has 8 nitrogen and oxygen atoms in total. The highest BCUT2D eigenvalue weighted by Gasteiger charge is 2.10. The molecule has 1 aromatic heterocycles. The minimum Gasteiger partial charge on any atom is -0.379 e. The maximum Gasteiger partial charge on any atom is 0.191 e. The van der Waals surface area contributed by atoms with Gasteiger partial charge >= 0.3 is 0 Å². The average Bonchev–Trinajstić information content (AvgIpc) is 3.08. The lowest BCUT2D eigenvalue weighted by atomic mass is 10.1. The molecule has 0 aliphatic carbocycles. The largest absolute Gasteiger partial charge is 0.379 e. The molecule has 0 bridgehead atoms. The van der Waals surface area contributed by atoms with Crippen LogP contribution < -0.4 is 10.6 Å². The van der Waals surface area contributed by atoms with E-state index in [4.69, 9.17) is 21.3 Å². The number of aliphatic imine (C=N–C) groups is 1. The van der Waals surface area contributed by atoms with Crippen LogP contribution in [0.25, 0.3) is 0 Å². The van der Waals surface area contributed by atoms with Gasteiger partial charge in [-0.05, 0) is 37.9 Å². The minimum absolute atomic E-state index is 0. The molecule has 2 heterocycles. The number of aryl methyl sites for hydroxylation is 1. The number of hydrogen-bond donors (Lipinski definition) is 2. The Bertz CT molecular complexity index is 824. The molecule has 1 saturated heterocycles. The molecule has 0 atom stereocenters. The number of halogens is 2. The van der Waals surface area contributed by atoms with E-state index in [1.807, 2.05) is 36.7 Å². The molecule has 0 spiro atoms. The Balaban J connectivity index is 0.00000341. The van der Waals surface area contributed by atoms with Crippen molar-refractivity contribution in [3.8, 4) is 0 Å². The van der Waals surface area contributed by atoms with Gasteiger partial charge in [-0.2, -0.15) is 0 Å². The maximum absolute atomic E-state index is 6.27. The first kappa shape index (κ1) is 25.8. The first-order valence-corrected chi connectivity index (χ1v) is 10.9. The molecule has 0 saturated carbocycles. The Kier molecular flexibility index (Phi) is 11.6. The Hall–Kier alpha value is -1.43. The van der Waals surface area contributed by atoms with Crippen LogP contribution >= 0.6 is 35.6 Å². The number of aromatic nitrogens is 3. The van der Waals surface area contributed by atoms with Crippen LogP contribution in [0.2, 0.25) is 5.02 Å². The summed E-state index contributed by atoms with van der Waals surface area (Å²) in [6.45, 7) is 8.78. The van der Waals surface area contributed by atoms with Gasteiger partial charge in [0.2, 0.25) is 0 Å². The summed E-state index contributed by atoms with van der Waals surface area (Å²) in [7, 11) is 1.96. The summed E-state index contributed by atoms with van der Waals surface area (Å²) < 4.78 is 7.37. The van der Waals surface area contributed by atoms with E-state index < -0.39 is 0 Å². The van der Waals surface area contributed by atoms with Crippen molar-refractivity contribution in [2.24, 2.45) is 12.0 Å². The highest BCUT2D eigenvalue weighted by molar-refractivity contribution is 14.0. The Morgan fingerprint density at radius 3 is 2.61 bits per heavy atom. The molecule has 0 amide bonds. The van der Waals surface area contributed by atoms with Crippen LogP contribution in [-0.4, -0.2) is 71.6 Å². The van der Waals surface area contributed by atoms with Gasteiger partial charge in [0, 0.05) is 38.2 Å². The number of nitrogens with one attached hydrogen (secondary N) is 2. The topological polar surface area (TPSA) is 79.6 Å². The van der Waals surface area contributed by atoms with E-state index in [-0.39, 0.29) is 24.0 Å². The van der Waals surface area contributed by atoms with E-state index >= 15 is 0 Å². The Morgan fingerprint density at radius 1 is 1.16 bits per heavy atom. The van der Waals surface area contributed by atoms with Gasteiger partial charge in [-0.1, -0.05) is 29.8 Å². The molecule has 10 heteroatoms. The molecular weight excluding hydrogens is 529 g/mol. The molecule has 1 fully saturated rings. The van der Waals surface area contributed by atoms with Crippen molar-refractivity contribution in [1.82, 2.24) is 30.3 Å². The standard InChI is InChI=1S/C21H32ClN7O.HI/c1-17-26-27-20(28(17)2)16-25-21(23-9-5-11-29-12-14-30-15-13-29)24-10-8-18-6-3-4-7-19(18)22;/h3-4,6-7H,5,8-16H2,1-2H3,(H2,23,24,25);1H. The van der Waals surface area contributed by atoms with E-state index in [2.05, 4.69) is 31.8 Å². The van der Waals surface area contributed by atoms with Gasteiger partial charge in [0.25, 0.3) is 0 Å². The number of hydrogen-bond acceptors (Lipinski definition) is 5. The van der Waals surface area contributed by atoms with Crippen LogP contribution in [0.1, 0.15) is 23.6 Å². The third kappa shape index (κ3) is 8.55. The van der Waals surface area contributed by atoms with Crippen molar-refractivity contribution in [3.63, 3.8) is 0 Å². The van der Waals surface area contributed by atoms with E-state index in [1.165, 1.54) is 0 Å². The van der Waals surface area contributed by atoms with Gasteiger partial charge in [0.1, 0.15) is 12.4 Å². The molecule has 1 aliphatic rings. The molecule has 31 heavy (non-hydrogen) atoms. The monoisotopic (exact) mass is 561 g/mol. The quantitative estimate of drug-likeness (QED) is 0.212. The normalized spacial score (nSPS) is 14.9. The molecule has 0 unspecified atom stereocenters. The number of morpholine rings is 1. The summed E-state index contributed by atoms with van der Waals surface area (Å²) in [6, 6.07) is 7.94. The summed E-state index contributed by atoms with van der Waals surface area (Å²) >= 11 is 6.27. The lowest BCUT2D eigenvalue weighted by Gasteiger charge is -2.26. The first-order chi connectivity index (χ1) is 14.6. The molecule has 172 valence electrons. The van der Waals surface area contributed by atoms with Crippen LogP contribution in [0.3, 0.4) is 0 Å². The van der Waals surface area contributed by atoms with Crippen LogP contribution in [0.15, 0.2) is 29.3 Å². The van der Waals surface area contributed by atoms with Crippen molar-refractivity contribution in [2.45, 2.75) is 26.3 Å². The Labute approximate surface area is 206 Å². The number of nitrogens with zero attached hydrogens (tertiary/aromatic N) is 5. The number of ether oxygens (including phenoxy) is 1. The Morgan fingerprint density at radius 2 is 1.90 bits per heavy atom. The van der Waals surface area contributed by atoms with Crippen LogP contribution in [0, 0.1) is 6.92 Å². The molecule has 2 aromatic rings. The fourth-order valence-electron chi connectivity index (χ4n) is 3.26. The second kappa shape index (κ2) is 13.9. The van der Waals surface area contributed by atoms with Crippen molar-refractivity contribution in [1.29, 1.82) is 0 Å². The van der Waals surface area contributed by atoms with Crippen molar-refractivity contribution < 1.29 is 4.74 Å². The third-order valence-corrected chi connectivity index (χ3v) is 5.62. The van der Waals surface area contributed by atoms with E-state index in [0.717, 1.165) is 87.0 Å². The van der Waals surface area contributed by atoms with E-state index in [9.17, 15) is 0 Å². The summed E-state index contributed by atoms with van der Waals surface area (Å²) in [5.41, 5.74) is 1.13. The number of guanidine groups is 1. The number of benzene rings is 1. The zero-order valence-electron chi connectivity index (χ0n) is 18.3. The second-order valence-corrected chi connectivity index (χ2v) is 7.80. The van der Waals surface area contributed by atoms with Gasteiger partial charge in [-0.3, -0.25) is 4.90 Å². The average molecular weight is 562 g/mol. The van der Waals surface area contributed by atoms with Crippen molar-refractivity contribution >= 4 is 41.5 Å². The van der Waals surface area contributed by atoms with E-state index in [1.54, 1.807) is 0 Å². The minimum atomic E-state index is 0. The van der Waals surface area contributed by atoms with Gasteiger partial charge in [0.15, 0.2) is 11.8 Å². The van der Waals surface area contributed by atoms with Gasteiger partial charge in [-0.25, -0.2) is 4.99 Å². The van der Waals surface area contributed by atoms with Crippen molar-refractivity contribution in [3.05, 3.63) is 46.5 Å². The zero-order chi connectivity index (χ0) is 21.2. The lowest BCUT2D eigenvalue weighted by Crippen LogP contribution is -2.41. The predicted molar refractivity (Wildman–Crippen MR) is 135 cm³/mol. The summed E-state index contributed by atoms with van der Waals surface area (Å²) in [5, 5.41) is 16.0. The molecule has 1 aliphatic heterocycles. The van der Waals surface area contributed by atoms with Crippen LogP contribution in [0.4, 0.5) is 0 Å². The van der Waals surface area contributed by atoms with Gasteiger partial charge in [0.05, 0.1) is 13.2 Å². The SMILES string of the molecule is Cc1nnc(CN=C(NCCCN2CCOCC2)NCCc2ccccc2Cl)n1C.I. The fraction of sp³-hybridized carbons (Fsp3) is 0.571. The number of rotatable bonds is 9. The summed E-state index contributed by atoms with van der Waals surface area (Å²) in [6.07, 6.45) is 1.88. The molecule has 1 aromatic carbocycles.